The Kier molecular flexibility index (Phi) is 4.49. The number of allylic oxidation sites excluding steroid dienone is 2. The Balaban J connectivity index is 1.79. The summed E-state index contributed by atoms with van der Waals surface area (Å²) in [6.07, 6.45) is 8.14. The molecule has 3 rings (SSSR count). The molecule has 0 saturated carbocycles. The van der Waals surface area contributed by atoms with E-state index in [-0.39, 0.29) is 11.7 Å². The summed E-state index contributed by atoms with van der Waals surface area (Å²) >= 11 is 0. The minimum Gasteiger partial charge on any atom is -0.434 e. The van der Waals surface area contributed by atoms with E-state index >= 15 is 0 Å². The van der Waals surface area contributed by atoms with Crippen molar-refractivity contribution in [2.24, 2.45) is 11.8 Å². The second kappa shape index (κ2) is 6.57. The molecule has 0 bridgehead atoms. The first kappa shape index (κ1) is 16.4. The van der Waals surface area contributed by atoms with E-state index in [4.69, 9.17) is 9.47 Å². The van der Waals surface area contributed by atoms with Crippen LogP contribution in [0.4, 0.5) is 0 Å². The number of fused-ring (bicyclic) bond motifs is 1. The van der Waals surface area contributed by atoms with Crippen molar-refractivity contribution >= 4 is 17.8 Å². The highest BCUT2D eigenvalue weighted by molar-refractivity contribution is 6.07. The molecule has 2 aliphatic rings. The lowest BCUT2D eigenvalue weighted by Gasteiger charge is -2.34. The van der Waals surface area contributed by atoms with Gasteiger partial charge < -0.3 is 9.47 Å². The standard InChI is InChI=1S/C20H20O4/c1-3-15-13-24-20(2)11-9-16(21)17(18(15)20)19(22)23-12-10-14-7-5-4-6-8-14/h3-12,17-18H,13H2,1-2H3/b12-10+,15-3+/t17-,18?,20-/m1/s1. The third-order valence-corrected chi connectivity index (χ3v) is 4.65. The SMILES string of the molecule is C/C=C1\CO[C@]2(C)C=CC(=O)[C@@H](C(=O)O/C=C/c3ccccc3)C12. The summed E-state index contributed by atoms with van der Waals surface area (Å²) in [5, 5.41) is 0. The number of benzene rings is 1. The summed E-state index contributed by atoms with van der Waals surface area (Å²) in [4.78, 5) is 24.9. The van der Waals surface area contributed by atoms with E-state index in [2.05, 4.69) is 0 Å². The lowest BCUT2D eigenvalue weighted by Crippen LogP contribution is -2.45. The Morgan fingerprint density at radius 2 is 2.08 bits per heavy atom. The molecule has 1 heterocycles. The van der Waals surface area contributed by atoms with Crippen LogP contribution in [0, 0.1) is 11.8 Å². The largest absolute Gasteiger partial charge is 0.434 e. The summed E-state index contributed by atoms with van der Waals surface area (Å²) in [7, 11) is 0. The quantitative estimate of drug-likeness (QED) is 0.370. The first-order chi connectivity index (χ1) is 11.5. The molecular formula is C20H20O4. The summed E-state index contributed by atoms with van der Waals surface area (Å²) < 4.78 is 11.1. The molecule has 1 saturated heterocycles. The van der Waals surface area contributed by atoms with Crippen molar-refractivity contribution in [2.75, 3.05) is 6.61 Å². The number of carbonyl (C=O) groups is 2. The van der Waals surface area contributed by atoms with Crippen molar-refractivity contribution in [3.8, 4) is 0 Å². The predicted octanol–water partition coefficient (Wildman–Crippen LogP) is 3.31. The van der Waals surface area contributed by atoms with Gasteiger partial charge in [0.1, 0.15) is 5.92 Å². The van der Waals surface area contributed by atoms with Gasteiger partial charge in [-0.15, -0.1) is 0 Å². The predicted molar refractivity (Wildman–Crippen MR) is 90.8 cm³/mol. The van der Waals surface area contributed by atoms with Crippen LogP contribution >= 0.6 is 0 Å². The maximum atomic E-state index is 12.5. The molecule has 0 aromatic heterocycles. The summed E-state index contributed by atoms with van der Waals surface area (Å²) in [6, 6.07) is 9.51. The lowest BCUT2D eigenvalue weighted by atomic mass is 9.71. The summed E-state index contributed by atoms with van der Waals surface area (Å²) in [5.41, 5.74) is 1.25. The number of hydrogen-bond acceptors (Lipinski definition) is 4. The van der Waals surface area contributed by atoms with Crippen LogP contribution in [0.3, 0.4) is 0 Å². The first-order valence-corrected chi connectivity index (χ1v) is 7.99. The van der Waals surface area contributed by atoms with Gasteiger partial charge in [0.15, 0.2) is 5.78 Å². The van der Waals surface area contributed by atoms with E-state index in [0.717, 1.165) is 11.1 Å². The molecule has 1 fully saturated rings. The molecule has 0 N–H and O–H groups in total. The molecule has 4 heteroatoms. The average Bonchev–Trinajstić information content (AvgIpc) is 2.93. The van der Waals surface area contributed by atoms with Crippen LogP contribution in [0.1, 0.15) is 19.4 Å². The highest BCUT2D eigenvalue weighted by Crippen LogP contribution is 2.45. The van der Waals surface area contributed by atoms with Crippen LogP contribution in [-0.4, -0.2) is 24.0 Å². The third kappa shape index (κ3) is 2.97. The van der Waals surface area contributed by atoms with Crippen molar-refractivity contribution in [3.63, 3.8) is 0 Å². The lowest BCUT2D eigenvalue weighted by molar-refractivity contribution is -0.150. The van der Waals surface area contributed by atoms with E-state index in [1.54, 1.807) is 12.2 Å². The molecule has 4 nitrogen and oxygen atoms in total. The van der Waals surface area contributed by atoms with Gasteiger partial charge in [-0.1, -0.05) is 36.4 Å². The van der Waals surface area contributed by atoms with E-state index in [1.807, 2.05) is 50.3 Å². The summed E-state index contributed by atoms with van der Waals surface area (Å²) in [5.74, 6) is -1.95. The maximum Gasteiger partial charge on any atom is 0.322 e. The Bertz CT molecular complexity index is 729. The fourth-order valence-corrected chi connectivity index (χ4v) is 3.33. The van der Waals surface area contributed by atoms with Crippen molar-refractivity contribution in [3.05, 3.63) is 66.0 Å². The van der Waals surface area contributed by atoms with Gasteiger partial charge in [0.2, 0.25) is 0 Å². The van der Waals surface area contributed by atoms with Gasteiger partial charge in [-0.2, -0.15) is 0 Å². The highest BCUT2D eigenvalue weighted by atomic mass is 16.5. The van der Waals surface area contributed by atoms with Crippen LogP contribution in [0.2, 0.25) is 0 Å². The van der Waals surface area contributed by atoms with Crippen molar-refractivity contribution in [1.82, 2.24) is 0 Å². The monoisotopic (exact) mass is 324 g/mol. The zero-order valence-electron chi connectivity index (χ0n) is 13.8. The van der Waals surface area contributed by atoms with Crippen LogP contribution in [0.5, 0.6) is 0 Å². The fourth-order valence-electron chi connectivity index (χ4n) is 3.33. The molecule has 1 aliphatic heterocycles. The first-order valence-electron chi connectivity index (χ1n) is 7.99. The van der Waals surface area contributed by atoms with E-state index in [0.29, 0.717) is 6.61 Å². The Morgan fingerprint density at radius 1 is 1.33 bits per heavy atom. The van der Waals surface area contributed by atoms with Gasteiger partial charge in [-0.25, -0.2) is 0 Å². The van der Waals surface area contributed by atoms with Gasteiger partial charge in [-0.05, 0) is 43.2 Å². The molecule has 1 aromatic carbocycles. The van der Waals surface area contributed by atoms with Crippen molar-refractivity contribution in [2.45, 2.75) is 19.4 Å². The number of esters is 1. The van der Waals surface area contributed by atoms with E-state index < -0.39 is 17.5 Å². The molecule has 1 aromatic rings. The molecule has 1 unspecified atom stereocenters. The molecule has 0 spiro atoms. The molecular weight excluding hydrogens is 304 g/mol. The second-order valence-corrected chi connectivity index (χ2v) is 6.18. The van der Waals surface area contributed by atoms with Gasteiger partial charge >= 0.3 is 5.97 Å². The normalized spacial score (nSPS) is 30.8. The zero-order valence-corrected chi connectivity index (χ0v) is 13.8. The minimum atomic E-state index is -0.867. The zero-order chi connectivity index (χ0) is 17.2. The molecule has 0 amide bonds. The summed E-state index contributed by atoms with van der Waals surface area (Å²) in [6.45, 7) is 4.22. The second-order valence-electron chi connectivity index (χ2n) is 6.18. The fraction of sp³-hybridized carbons (Fsp3) is 0.300. The molecule has 0 radical (unpaired) electrons. The van der Waals surface area contributed by atoms with Crippen LogP contribution < -0.4 is 0 Å². The van der Waals surface area contributed by atoms with Gasteiger partial charge in [0, 0.05) is 5.92 Å². The topological polar surface area (TPSA) is 52.6 Å². The van der Waals surface area contributed by atoms with E-state index in [1.165, 1.54) is 12.3 Å². The average molecular weight is 324 g/mol. The number of hydrogen-bond donors (Lipinski definition) is 0. The Labute approximate surface area is 141 Å². The smallest absolute Gasteiger partial charge is 0.322 e. The molecule has 124 valence electrons. The van der Waals surface area contributed by atoms with Crippen LogP contribution in [0.25, 0.3) is 6.08 Å². The minimum absolute atomic E-state index is 0.236. The van der Waals surface area contributed by atoms with Crippen molar-refractivity contribution in [1.29, 1.82) is 0 Å². The van der Waals surface area contributed by atoms with Gasteiger partial charge in [0.05, 0.1) is 18.5 Å². The highest BCUT2D eigenvalue weighted by Gasteiger charge is 2.53. The van der Waals surface area contributed by atoms with Crippen LogP contribution in [0.15, 0.2) is 60.4 Å². The Hall–Kier alpha value is -2.46. The number of carbonyl (C=O) groups excluding carboxylic acids is 2. The van der Waals surface area contributed by atoms with Crippen molar-refractivity contribution < 1.29 is 19.1 Å². The van der Waals surface area contributed by atoms with Crippen LogP contribution in [-0.2, 0) is 19.1 Å². The number of ketones is 1. The number of rotatable bonds is 3. The maximum absolute atomic E-state index is 12.5. The van der Waals surface area contributed by atoms with E-state index in [9.17, 15) is 9.59 Å². The molecule has 3 atom stereocenters. The molecule has 24 heavy (non-hydrogen) atoms. The Morgan fingerprint density at radius 3 is 2.79 bits per heavy atom. The third-order valence-electron chi connectivity index (χ3n) is 4.65. The number of ether oxygens (including phenoxy) is 2. The van der Waals surface area contributed by atoms with Gasteiger partial charge in [0.25, 0.3) is 0 Å². The van der Waals surface area contributed by atoms with Gasteiger partial charge in [-0.3, -0.25) is 9.59 Å². The molecule has 1 aliphatic carbocycles.